The summed E-state index contributed by atoms with van der Waals surface area (Å²) >= 11 is 5.94. The van der Waals surface area contributed by atoms with Crippen molar-refractivity contribution in [3.05, 3.63) is 28.8 Å². The van der Waals surface area contributed by atoms with Crippen LogP contribution in [0.25, 0.3) is 0 Å². The summed E-state index contributed by atoms with van der Waals surface area (Å²) < 4.78 is 11.5. The molecule has 2 unspecified atom stereocenters. The molecule has 0 aliphatic carbocycles. The van der Waals surface area contributed by atoms with Crippen LogP contribution in [-0.2, 0) is 4.74 Å². The third kappa shape index (κ3) is 2.35. The molecule has 4 heteroatoms. The molecule has 3 nitrogen and oxygen atoms in total. The van der Waals surface area contributed by atoms with Crippen LogP contribution in [-0.4, -0.2) is 24.4 Å². The SMILES string of the molecule is O[C@@H]1CC(C2CCCOC2)Oc2ccc(Cl)cc21. The molecule has 1 saturated heterocycles. The second-order valence-corrected chi connectivity index (χ2v) is 5.50. The molecule has 3 atom stereocenters. The normalized spacial score (nSPS) is 31.6. The molecular formula is C14H17ClO3. The van der Waals surface area contributed by atoms with Crippen molar-refractivity contribution >= 4 is 11.6 Å². The number of fused-ring (bicyclic) bond motifs is 1. The Bertz CT molecular complexity index is 429. The van der Waals surface area contributed by atoms with Gasteiger partial charge in [-0.25, -0.2) is 0 Å². The van der Waals surface area contributed by atoms with Crippen molar-refractivity contribution in [1.29, 1.82) is 0 Å². The van der Waals surface area contributed by atoms with Gasteiger partial charge in [0.15, 0.2) is 0 Å². The van der Waals surface area contributed by atoms with Crippen LogP contribution < -0.4 is 4.74 Å². The van der Waals surface area contributed by atoms with Gasteiger partial charge in [0.1, 0.15) is 11.9 Å². The van der Waals surface area contributed by atoms with E-state index in [2.05, 4.69) is 0 Å². The molecule has 98 valence electrons. The lowest BCUT2D eigenvalue weighted by molar-refractivity contribution is -0.0285. The average Bonchev–Trinajstić information content (AvgIpc) is 2.40. The number of aliphatic hydroxyl groups is 1. The predicted octanol–water partition coefficient (Wildman–Crippen LogP) is 2.95. The predicted molar refractivity (Wildman–Crippen MR) is 69.0 cm³/mol. The van der Waals surface area contributed by atoms with Gasteiger partial charge in [-0.3, -0.25) is 0 Å². The molecule has 0 radical (unpaired) electrons. The molecule has 2 aliphatic rings. The Morgan fingerprint density at radius 2 is 2.22 bits per heavy atom. The van der Waals surface area contributed by atoms with Gasteiger partial charge in [0.05, 0.1) is 12.7 Å². The van der Waals surface area contributed by atoms with E-state index in [-0.39, 0.29) is 6.10 Å². The molecule has 18 heavy (non-hydrogen) atoms. The lowest BCUT2D eigenvalue weighted by Gasteiger charge is -2.36. The van der Waals surface area contributed by atoms with Gasteiger partial charge < -0.3 is 14.6 Å². The first kappa shape index (κ1) is 12.3. The summed E-state index contributed by atoms with van der Waals surface area (Å²) in [7, 11) is 0. The van der Waals surface area contributed by atoms with Crippen molar-refractivity contribution in [3.63, 3.8) is 0 Å². The summed E-state index contributed by atoms with van der Waals surface area (Å²) in [6, 6.07) is 5.43. The summed E-state index contributed by atoms with van der Waals surface area (Å²) in [5, 5.41) is 10.8. The van der Waals surface area contributed by atoms with E-state index < -0.39 is 6.10 Å². The summed E-state index contributed by atoms with van der Waals surface area (Å²) in [5.74, 6) is 1.14. The Balaban J connectivity index is 1.80. The van der Waals surface area contributed by atoms with Crippen LogP contribution in [0.15, 0.2) is 18.2 Å². The molecule has 1 fully saturated rings. The topological polar surface area (TPSA) is 38.7 Å². The highest BCUT2D eigenvalue weighted by atomic mass is 35.5. The first-order valence-corrected chi connectivity index (χ1v) is 6.84. The van der Waals surface area contributed by atoms with Gasteiger partial charge in [-0.2, -0.15) is 0 Å². The van der Waals surface area contributed by atoms with Crippen LogP contribution in [0.4, 0.5) is 0 Å². The Morgan fingerprint density at radius 1 is 1.33 bits per heavy atom. The zero-order chi connectivity index (χ0) is 12.5. The van der Waals surface area contributed by atoms with Crippen molar-refractivity contribution in [2.75, 3.05) is 13.2 Å². The second-order valence-electron chi connectivity index (χ2n) is 5.07. The van der Waals surface area contributed by atoms with E-state index in [4.69, 9.17) is 21.1 Å². The number of benzene rings is 1. The van der Waals surface area contributed by atoms with E-state index in [1.807, 2.05) is 6.07 Å². The van der Waals surface area contributed by atoms with E-state index in [0.717, 1.165) is 37.4 Å². The highest BCUT2D eigenvalue weighted by molar-refractivity contribution is 6.30. The maximum absolute atomic E-state index is 10.2. The minimum Gasteiger partial charge on any atom is -0.490 e. The molecule has 0 bridgehead atoms. The zero-order valence-corrected chi connectivity index (χ0v) is 10.9. The lowest BCUT2D eigenvalue weighted by atomic mass is 9.88. The number of hydrogen-bond acceptors (Lipinski definition) is 3. The fraction of sp³-hybridized carbons (Fsp3) is 0.571. The van der Waals surface area contributed by atoms with E-state index >= 15 is 0 Å². The molecule has 1 N–H and O–H groups in total. The van der Waals surface area contributed by atoms with Gasteiger partial charge >= 0.3 is 0 Å². The minimum absolute atomic E-state index is 0.0500. The first-order valence-electron chi connectivity index (χ1n) is 6.46. The Kier molecular flexibility index (Phi) is 3.46. The number of hydrogen-bond donors (Lipinski definition) is 1. The molecular weight excluding hydrogens is 252 g/mol. The van der Waals surface area contributed by atoms with Crippen molar-refractivity contribution in [3.8, 4) is 5.75 Å². The van der Waals surface area contributed by atoms with E-state index in [9.17, 15) is 5.11 Å². The van der Waals surface area contributed by atoms with Crippen molar-refractivity contribution in [1.82, 2.24) is 0 Å². The average molecular weight is 269 g/mol. The van der Waals surface area contributed by atoms with E-state index in [0.29, 0.717) is 17.4 Å². The van der Waals surface area contributed by atoms with Gasteiger partial charge in [0.25, 0.3) is 0 Å². The Hall–Kier alpha value is -0.770. The standard InChI is InChI=1S/C14H17ClO3/c15-10-3-4-13-11(6-10)12(16)7-14(18-13)9-2-1-5-17-8-9/h3-4,6,9,12,14,16H,1-2,5,7-8H2/t9?,12-,14?/m1/s1. The number of rotatable bonds is 1. The van der Waals surface area contributed by atoms with Crippen LogP contribution in [0.5, 0.6) is 5.75 Å². The largest absolute Gasteiger partial charge is 0.490 e. The molecule has 1 aromatic carbocycles. The maximum Gasteiger partial charge on any atom is 0.125 e. The molecule has 0 spiro atoms. The lowest BCUT2D eigenvalue weighted by Crippen LogP contribution is -2.37. The Morgan fingerprint density at radius 3 is 3.00 bits per heavy atom. The van der Waals surface area contributed by atoms with Crippen LogP contribution in [0.3, 0.4) is 0 Å². The zero-order valence-electron chi connectivity index (χ0n) is 10.1. The van der Waals surface area contributed by atoms with Gasteiger partial charge in [-0.05, 0) is 31.0 Å². The third-order valence-electron chi connectivity index (χ3n) is 3.79. The summed E-state index contributed by atoms with van der Waals surface area (Å²) in [5.41, 5.74) is 0.801. The van der Waals surface area contributed by atoms with E-state index in [1.165, 1.54) is 0 Å². The van der Waals surface area contributed by atoms with Crippen molar-refractivity contribution in [2.45, 2.75) is 31.5 Å². The van der Waals surface area contributed by atoms with Gasteiger partial charge in [0, 0.05) is 29.5 Å². The van der Waals surface area contributed by atoms with Crippen LogP contribution in [0.2, 0.25) is 5.02 Å². The molecule has 0 amide bonds. The maximum atomic E-state index is 10.2. The highest BCUT2D eigenvalue weighted by Gasteiger charge is 2.33. The van der Waals surface area contributed by atoms with E-state index in [1.54, 1.807) is 12.1 Å². The van der Waals surface area contributed by atoms with Gasteiger partial charge in [0.2, 0.25) is 0 Å². The molecule has 1 aromatic rings. The summed E-state index contributed by atoms with van der Waals surface area (Å²) in [6.45, 7) is 1.58. The van der Waals surface area contributed by atoms with Crippen LogP contribution in [0.1, 0.15) is 30.9 Å². The number of aliphatic hydroxyl groups excluding tert-OH is 1. The number of halogens is 1. The van der Waals surface area contributed by atoms with Gasteiger partial charge in [-0.15, -0.1) is 0 Å². The minimum atomic E-state index is -0.487. The number of ether oxygens (including phenoxy) is 2. The van der Waals surface area contributed by atoms with Crippen molar-refractivity contribution < 1.29 is 14.6 Å². The monoisotopic (exact) mass is 268 g/mol. The van der Waals surface area contributed by atoms with Crippen LogP contribution in [0, 0.1) is 5.92 Å². The fourth-order valence-corrected chi connectivity index (χ4v) is 2.97. The quantitative estimate of drug-likeness (QED) is 0.851. The van der Waals surface area contributed by atoms with Gasteiger partial charge in [-0.1, -0.05) is 11.6 Å². The smallest absolute Gasteiger partial charge is 0.125 e. The molecule has 2 aliphatic heterocycles. The summed E-state index contributed by atoms with van der Waals surface area (Å²) in [4.78, 5) is 0. The highest BCUT2D eigenvalue weighted by Crippen LogP contribution is 2.39. The molecule has 2 heterocycles. The third-order valence-corrected chi connectivity index (χ3v) is 4.02. The van der Waals surface area contributed by atoms with Crippen molar-refractivity contribution in [2.24, 2.45) is 5.92 Å². The van der Waals surface area contributed by atoms with Crippen LogP contribution >= 0.6 is 11.6 Å². The summed E-state index contributed by atoms with van der Waals surface area (Å²) in [6.07, 6.45) is 2.38. The Labute approximate surface area is 112 Å². The second kappa shape index (κ2) is 5.08. The first-order chi connectivity index (χ1) is 8.74. The molecule has 0 saturated carbocycles. The fourth-order valence-electron chi connectivity index (χ4n) is 2.79. The molecule has 3 rings (SSSR count). The molecule has 0 aromatic heterocycles.